The quantitative estimate of drug-likeness (QED) is 0.316. The molecule has 0 bridgehead atoms. The van der Waals surface area contributed by atoms with Crippen LogP contribution in [0.3, 0.4) is 0 Å². The number of aromatic amines is 1. The van der Waals surface area contributed by atoms with Gasteiger partial charge in [0.15, 0.2) is 16.6 Å². The normalized spacial score (nSPS) is 15.3. The fraction of sp³-hybridized carbons (Fsp3) is 0.269. The molecule has 0 saturated carbocycles. The second kappa shape index (κ2) is 9.54. The van der Waals surface area contributed by atoms with Crippen molar-refractivity contribution in [1.29, 1.82) is 0 Å². The van der Waals surface area contributed by atoms with Crippen LogP contribution in [0.2, 0.25) is 0 Å². The molecule has 0 fully saturated rings. The maximum Gasteiger partial charge on any atom is 0.178 e. The van der Waals surface area contributed by atoms with E-state index in [2.05, 4.69) is 25.9 Å². The molecule has 3 aromatic heterocycles. The Labute approximate surface area is 210 Å². The van der Waals surface area contributed by atoms with Crippen LogP contribution in [0.5, 0.6) is 5.75 Å². The molecular weight excluding hydrogens is 476 g/mol. The number of ether oxygens (including phenoxy) is 1. The lowest BCUT2D eigenvalue weighted by Gasteiger charge is -2.10. The summed E-state index contributed by atoms with van der Waals surface area (Å²) in [5, 5.41) is 20.3. The second-order valence-corrected chi connectivity index (χ2v) is 9.84. The smallest absolute Gasteiger partial charge is 0.178 e. The summed E-state index contributed by atoms with van der Waals surface area (Å²) in [5.74, 6) is 2.07. The Hall–Kier alpha value is -4.05. The molecule has 1 aliphatic rings. The predicted molar refractivity (Wildman–Crippen MR) is 136 cm³/mol. The molecule has 2 aromatic carbocycles. The highest BCUT2D eigenvalue weighted by Gasteiger charge is 2.27. The lowest BCUT2D eigenvalue weighted by molar-refractivity contribution is -0.118. The van der Waals surface area contributed by atoms with E-state index in [4.69, 9.17) is 14.1 Å². The van der Waals surface area contributed by atoms with Crippen molar-refractivity contribution in [3.8, 4) is 16.5 Å². The van der Waals surface area contributed by atoms with Crippen molar-refractivity contribution < 1.29 is 13.9 Å². The van der Waals surface area contributed by atoms with Crippen molar-refractivity contribution in [1.82, 2.24) is 25.6 Å². The number of carbonyl (C=O) groups is 1. The Morgan fingerprint density at radius 1 is 1.19 bits per heavy atom. The zero-order valence-electron chi connectivity index (χ0n) is 19.7. The van der Waals surface area contributed by atoms with Crippen LogP contribution in [0, 0.1) is 0 Å². The van der Waals surface area contributed by atoms with Crippen molar-refractivity contribution >= 4 is 33.1 Å². The van der Waals surface area contributed by atoms with Gasteiger partial charge in [0.05, 0.1) is 11.6 Å². The molecule has 0 radical (unpaired) electrons. The van der Waals surface area contributed by atoms with Crippen LogP contribution in [0.4, 0.5) is 5.00 Å². The minimum absolute atomic E-state index is 0.155. The molecule has 0 aliphatic carbocycles. The van der Waals surface area contributed by atoms with Crippen LogP contribution in [-0.2, 0) is 17.8 Å². The van der Waals surface area contributed by atoms with Gasteiger partial charge in [-0.15, -0.1) is 10.2 Å². The number of anilines is 1. The van der Waals surface area contributed by atoms with Crippen molar-refractivity contribution in [2.24, 2.45) is 0 Å². The molecule has 182 valence electrons. The zero-order chi connectivity index (χ0) is 24.5. The molecule has 0 spiro atoms. The largest absolute Gasteiger partial charge is 0.489 e. The van der Waals surface area contributed by atoms with Crippen LogP contribution in [0.1, 0.15) is 48.3 Å². The second-order valence-electron chi connectivity index (χ2n) is 8.84. The van der Waals surface area contributed by atoms with E-state index in [0.717, 1.165) is 62.9 Å². The average Bonchev–Trinajstić information content (AvgIpc) is 3.61. The van der Waals surface area contributed by atoms with E-state index in [1.807, 2.05) is 48.5 Å². The third kappa shape index (κ3) is 4.47. The van der Waals surface area contributed by atoms with Crippen molar-refractivity contribution in [3.05, 3.63) is 71.2 Å². The lowest BCUT2D eigenvalue weighted by atomic mass is 9.97. The Bertz CT molecular complexity index is 1520. The van der Waals surface area contributed by atoms with Crippen molar-refractivity contribution in [2.45, 2.75) is 38.7 Å². The molecule has 9 nitrogen and oxygen atoms in total. The molecule has 36 heavy (non-hydrogen) atoms. The Morgan fingerprint density at radius 3 is 2.92 bits per heavy atom. The van der Waals surface area contributed by atoms with Crippen LogP contribution in [0.25, 0.3) is 21.7 Å². The molecule has 1 aliphatic heterocycles. The topological polar surface area (TPSA) is 119 Å². The maximum atomic E-state index is 12.2. The van der Waals surface area contributed by atoms with E-state index in [9.17, 15) is 4.79 Å². The third-order valence-corrected chi connectivity index (χ3v) is 7.42. The summed E-state index contributed by atoms with van der Waals surface area (Å²) in [7, 11) is 0. The van der Waals surface area contributed by atoms with Gasteiger partial charge in [0.2, 0.25) is 0 Å². The summed E-state index contributed by atoms with van der Waals surface area (Å²) < 4.78 is 12.2. The molecular formula is C26H24N6O3S. The molecule has 10 heteroatoms. The molecule has 2 N–H and O–H groups in total. The fourth-order valence-electron chi connectivity index (χ4n) is 4.52. The molecule has 0 saturated heterocycles. The molecule has 5 aromatic rings. The maximum absolute atomic E-state index is 12.2. The van der Waals surface area contributed by atoms with Gasteiger partial charge in [0, 0.05) is 18.4 Å². The van der Waals surface area contributed by atoms with Crippen LogP contribution < -0.4 is 10.1 Å². The number of thiazole rings is 1. The van der Waals surface area contributed by atoms with E-state index in [0.29, 0.717) is 24.6 Å². The number of aromatic nitrogens is 5. The number of H-pyrrole nitrogens is 1. The van der Waals surface area contributed by atoms with Gasteiger partial charge in [-0.25, -0.2) is 4.98 Å². The van der Waals surface area contributed by atoms with E-state index < -0.39 is 0 Å². The van der Waals surface area contributed by atoms with Crippen LogP contribution in [0.15, 0.2) is 52.9 Å². The summed E-state index contributed by atoms with van der Waals surface area (Å²) in [6.07, 6.45) is 2.35. The number of carbonyl (C=O) groups excluding carboxylic acids is 1. The van der Waals surface area contributed by atoms with E-state index >= 15 is 0 Å². The number of tetrazole rings is 1. The highest BCUT2D eigenvalue weighted by Crippen LogP contribution is 2.41. The fourth-order valence-corrected chi connectivity index (χ4v) is 5.52. The van der Waals surface area contributed by atoms with Crippen molar-refractivity contribution in [2.75, 3.05) is 11.9 Å². The first-order valence-corrected chi connectivity index (χ1v) is 12.7. The van der Waals surface area contributed by atoms with Gasteiger partial charge >= 0.3 is 0 Å². The first-order chi connectivity index (χ1) is 17.6. The number of furan rings is 1. The monoisotopic (exact) mass is 500 g/mol. The summed E-state index contributed by atoms with van der Waals surface area (Å²) in [6.45, 7) is 2.91. The van der Waals surface area contributed by atoms with Gasteiger partial charge in [0.25, 0.3) is 0 Å². The van der Waals surface area contributed by atoms with Gasteiger partial charge in [0.1, 0.15) is 28.7 Å². The van der Waals surface area contributed by atoms with E-state index in [1.54, 1.807) is 6.92 Å². The van der Waals surface area contributed by atoms with Gasteiger partial charge in [-0.1, -0.05) is 40.8 Å². The first-order valence-electron chi connectivity index (χ1n) is 11.8. The summed E-state index contributed by atoms with van der Waals surface area (Å²) in [6, 6.07) is 15.8. The Kier molecular flexibility index (Phi) is 5.94. The van der Waals surface area contributed by atoms with Gasteiger partial charge < -0.3 is 14.5 Å². The standard InChI is InChI=1S/C26H24N6O3S/c1-15(33)20-7-4-10-27-26-24(20)28-25(36-26)22-12-18-11-19(8-9-21(18)35-22)34-14-17-6-3-2-5-16(17)13-23-29-31-32-30-23/h2-3,5-6,8-9,11-12,20,27H,4,7,10,13-14H2,1H3,(H,29,30,31,32). The SMILES string of the molecule is CC(=O)C1CCCNc2sc(-c3cc4cc(OCc5ccccc5Cc5nn[nH]n5)ccc4o3)nc21. The number of nitrogens with zero attached hydrogens (tertiary/aromatic N) is 4. The van der Waals surface area contributed by atoms with E-state index in [1.165, 1.54) is 11.3 Å². The number of benzene rings is 2. The third-order valence-electron chi connectivity index (χ3n) is 6.38. The number of hydrogen-bond donors (Lipinski definition) is 2. The average molecular weight is 501 g/mol. The number of nitrogens with one attached hydrogen (secondary N) is 2. The van der Waals surface area contributed by atoms with E-state index in [-0.39, 0.29) is 11.7 Å². The number of Topliss-reactive ketones (excluding diaryl/α,β-unsaturated/α-hetero) is 1. The van der Waals surface area contributed by atoms with Gasteiger partial charge in [-0.2, -0.15) is 5.21 Å². The van der Waals surface area contributed by atoms with Crippen LogP contribution >= 0.6 is 11.3 Å². The molecule has 4 heterocycles. The van der Waals surface area contributed by atoms with Crippen molar-refractivity contribution in [3.63, 3.8) is 0 Å². The molecule has 6 rings (SSSR count). The minimum atomic E-state index is -0.160. The summed E-state index contributed by atoms with van der Waals surface area (Å²) in [4.78, 5) is 17.0. The Morgan fingerprint density at radius 2 is 2.08 bits per heavy atom. The minimum Gasteiger partial charge on any atom is -0.489 e. The first kappa shape index (κ1) is 22.4. The highest BCUT2D eigenvalue weighted by molar-refractivity contribution is 7.19. The molecule has 1 atom stereocenters. The zero-order valence-corrected chi connectivity index (χ0v) is 20.5. The highest BCUT2D eigenvalue weighted by atomic mass is 32.1. The number of rotatable bonds is 7. The van der Waals surface area contributed by atoms with Crippen LogP contribution in [-0.4, -0.2) is 37.9 Å². The number of fused-ring (bicyclic) bond motifs is 2. The van der Waals surface area contributed by atoms with Gasteiger partial charge in [-0.05, 0) is 55.2 Å². The summed E-state index contributed by atoms with van der Waals surface area (Å²) in [5.41, 5.74) is 3.75. The lowest BCUT2D eigenvalue weighted by Crippen LogP contribution is -2.08. The molecule has 1 unspecified atom stereocenters. The van der Waals surface area contributed by atoms with Gasteiger partial charge in [-0.3, -0.25) is 4.79 Å². The number of hydrogen-bond acceptors (Lipinski definition) is 9. The predicted octanol–water partition coefficient (Wildman–Crippen LogP) is 5.12. The summed E-state index contributed by atoms with van der Waals surface area (Å²) >= 11 is 1.54. The Balaban J connectivity index is 1.22. The number of ketones is 1. The molecule has 0 amide bonds.